The molecule has 128 valence electrons. The summed E-state index contributed by atoms with van der Waals surface area (Å²) in [4.78, 5) is 0. The van der Waals surface area contributed by atoms with Crippen molar-refractivity contribution < 1.29 is 4.74 Å². The number of rotatable bonds is 6. The van der Waals surface area contributed by atoms with E-state index in [9.17, 15) is 0 Å². The highest BCUT2D eigenvalue weighted by molar-refractivity contribution is 6.19. The molecule has 0 aliphatic heterocycles. The topological polar surface area (TPSA) is 9.23 Å². The fourth-order valence-corrected chi connectivity index (χ4v) is 2.46. The molecule has 0 unspecified atom stereocenters. The van der Waals surface area contributed by atoms with Crippen LogP contribution in [0.3, 0.4) is 0 Å². The third-order valence-electron chi connectivity index (χ3n) is 3.54. The first kappa shape index (κ1) is 19.3. The van der Waals surface area contributed by atoms with Crippen LogP contribution in [0.25, 0.3) is 0 Å². The quantitative estimate of drug-likeness (QED) is 0.459. The van der Waals surface area contributed by atoms with Gasteiger partial charge in [-0.05, 0) is 48.2 Å². The molecule has 0 saturated carbocycles. The molecular weight excluding hydrogens is 351 g/mol. The van der Waals surface area contributed by atoms with Crippen LogP contribution in [0.1, 0.15) is 24.0 Å². The fourth-order valence-electron chi connectivity index (χ4n) is 2.27. The van der Waals surface area contributed by atoms with Gasteiger partial charge in [-0.2, -0.15) is 0 Å². The molecule has 2 rings (SSSR count). The van der Waals surface area contributed by atoms with E-state index in [1.807, 2.05) is 24.3 Å². The van der Waals surface area contributed by atoms with Crippen molar-refractivity contribution in [1.29, 1.82) is 0 Å². The van der Waals surface area contributed by atoms with Gasteiger partial charge in [0.25, 0.3) is 0 Å². The lowest BCUT2D eigenvalue weighted by Crippen LogP contribution is -1.88. The zero-order valence-electron chi connectivity index (χ0n) is 14.0. The van der Waals surface area contributed by atoms with Gasteiger partial charge < -0.3 is 4.74 Å². The van der Waals surface area contributed by atoms with Gasteiger partial charge in [-0.15, -0.1) is 35.0 Å². The van der Waals surface area contributed by atoms with Gasteiger partial charge in [0.2, 0.25) is 0 Å². The monoisotopic (exact) mass is 370 g/mol. The van der Waals surface area contributed by atoms with Crippen LogP contribution in [0.4, 0.5) is 0 Å². The Labute approximate surface area is 160 Å². The van der Waals surface area contributed by atoms with Gasteiger partial charge in [0.05, 0.1) is 11.8 Å². The van der Waals surface area contributed by atoms with E-state index >= 15 is 0 Å². The van der Waals surface area contributed by atoms with Crippen LogP contribution in [0.2, 0.25) is 0 Å². The average Bonchev–Trinajstić information content (AvgIpc) is 2.65. The van der Waals surface area contributed by atoms with Gasteiger partial charge in [-0.25, -0.2) is 0 Å². The number of hydrogen-bond acceptors (Lipinski definition) is 1. The largest absolute Gasteiger partial charge is 0.457 e. The number of alkyl halides is 2. The van der Waals surface area contributed by atoms with E-state index in [1.165, 1.54) is 11.1 Å². The standard InChI is InChI=1S/C22H20Cl2O/c23-17-5-1-3-7-19-9-13-21(14-10-19)25-22-15-11-20(12-16-22)8-4-2-6-18-24/h9-16H,3-4,7-8,17-18H2. The van der Waals surface area contributed by atoms with E-state index in [4.69, 9.17) is 27.9 Å². The molecule has 0 bridgehead atoms. The zero-order valence-corrected chi connectivity index (χ0v) is 15.5. The molecule has 3 heteroatoms. The maximum absolute atomic E-state index is 5.88. The molecule has 0 amide bonds. The third kappa shape index (κ3) is 7.57. The second-order valence-corrected chi connectivity index (χ2v) is 5.90. The van der Waals surface area contributed by atoms with Crippen molar-refractivity contribution in [3.63, 3.8) is 0 Å². The Balaban J connectivity index is 1.85. The van der Waals surface area contributed by atoms with Gasteiger partial charge >= 0.3 is 0 Å². The summed E-state index contributed by atoms with van der Waals surface area (Å²) < 4.78 is 5.88. The Morgan fingerprint density at radius 3 is 1.36 bits per heavy atom. The number of aryl methyl sites for hydroxylation is 2. The Kier molecular flexibility index (Phi) is 8.85. The summed E-state index contributed by atoms with van der Waals surface area (Å²) in [5.74, 6) is 14.3. The molecule has 0 saturated heterocycles. The van der Waals surface area contributed by atoms with E-state index in [0.29, 0.717) is 11.8 Å². The van der Waals surface area contributed by atoms with Crippen LogP contribution in [0.5, 0.6) is 11.5 Å². The predicted octanol–water partition coefficient (Wildman–Crippen LogP) is 5.83. The van der Waals surface area contributed by atoms with Gasteiger partial charge in [0.1, 0.15) is 11.5 Å². The number of benzene rings is 2. The molecule has 0 fully saturated rings. The molecule has 0 aliphatic carbocycles. The highest BCUT2D eigenvalue weighted by atomic mass is 35.5. The van der Waals surface area contributed by atoms with E-state index < -0.39 is 0 Å². The molecular formula is C22H20Cl2O. The van der Waals surface area contributed by atoms with Crippen LogP contribution in [0.15, 0.2) is 48.5 Å². The van der Waals surface area contributed by atoms with Crippen molar-refractivity contribution in [2.24, 2.45) is 0 Å². The van der Waals surface area contributed by atoms with Crippen molar-refractivity contribution in [3.05, 3.63) is 59.7 Å². The fraction of sp³-hybridized carbons (Fsp3) is 0.273. The summed E-state index contributed by atoms with van der Waals surface area (Å²) >= 11 is 11.1. The summed E-state index contributed by atoms with van der Waals surface area (Å²) in [6.07, 6.45) is 3.49. The minimum Gasteiger partial charge on any atom is -0.457 e. The SMILES string of the molecule is ClCC#CCCc1ccc(Oc2ccc(CCC#CCCl)cc2)cc1. The van der Waals surface area contributed by atoms with Gasteiger partial charge in [0.15, 0.2) is 0 Å². The van der Waals surface area contributed by atoms with Crippen LogP contribution >= 0.6 is 23.2 Å². The average molecular weight is 371 g/mol. The minimum atomic E-state index is 0.395. The highest BCUT2D eigenvalue weighted by Crippen LogP contribution is 2.22. The van der Waals surface area contributed by atoms with Crippen LogP contribution in [-0.4, -0.2) is 11.8 Å². The molecule has 0 aliphatic rings. The Morgan fingerprint density at radius 2 is 1.00 bits per heavy atom. The molecule has 2 aromatic rings. The van der Waals surface area contributed by atoms with Crippen molar-refractivity contribution in [1.82, 2.24) is 0 Å². The second kappa shape index (κ2) is 11.5. The van der Waals surface area contributed by atoms with E-state index in [1.54, 1.807) is 0 Å². The maximum Gasteiger partial charge on any atom is 0.127 e. The summed E-state index contributed by atoms with van der Waals surface area (Å²) in [6, 6.07) is 16.2. The van der Waals surface area contributed by atoms with Crippen LogP contribution in [-0.2, 0) is 12.8 Å². The van der Waals surface area contributed by atoms with E-state index in [2.05, 4.69) is 47.9 Å². The third-order valence-corrected chi connectivity index (χ3v) is 3.81. The van der Waals surface area contributed by atoms with Crippen molar-refractivity contribution >= 4 is 23.2 Å². The first-order valence-electron chi connectivity index (χ1n) is 8.21. The molecule has 1 nitrogen and oxygen atoms in total. The summed E-state index contributed by atoms with van der Waals surface area (Å²) in [6.45, 7) is 0. The van der Waals surface area contributed by atoms with Crippen LogP contribution < -0.4 is 4.74 Å². The second-order valence-electron chi connectivity index (χ2n) is 5.36. The molecule has 0 atom stereocenters. The molecule has 25 heavy (non-hydrogen) atoms. The first-order chi connectivity index (χ1) is 12.3. The lowest BCUT2D eigenvalue weighted by atomic mass is 10.1. The van der Waals surface area contributed by atoms with E-state index in [0.717, 1.165) is 37.2 Å². The lowest BCUT2D eigenvalue weighted by Gasteiger charge is -2.07. The highest BCUT2D eigenvalue weighted by Gasteiger charge is 1.99. The van der Waals surface area contributed by atoms with Crippen molar-refractivity contribution in [3.8, 4) is 35.2 Å². The minimum absolute atomic E-state index is 0.395. The molecule has 0 aromatic heterocycles. The van der Waals surface area contributed by atoms with Gasteiger partial charge in [-0.3, -0.25) is 0 Å². The maximum atomic E-state index is 5.88. The normalized spacial score (nSPS) is 9.52. The zero-order chi connectivity index (χ0) is 17.7. The van der Waals surface area contributed by atoms with Crippen molar-refractivity contribution in [2.45, 2.75) is 25.7 Å². The molecule has 0 spiro atoms. The number of halogens is 2. The molecule has 0 N–H and O–H groups in total. The Bertz CT molecular complexity index is 689. The predicted molar refractivity (Wildman–Crippen MR) is 107 cm³/mol. The van der Waals surface area contributed by atoms with Crippen molar-refractivity contribution in [2.75, 3.05) is 11.8 Å². The molecule has 2 aromatic carbocycles. The van der Waals surface area contributed by atoms with Gasteiger partial charge in [0, 0.05) is 12.8 Å². The number of ether oxygens (including phenoxy) is 1. The number of hydrogen-bond donors (Lipinski definition) is 0. The Hall–Kier alpha value is -2.06. The first-order valence-corrected chi connectivity index (χ1v) is 9.28. The summed E-state index contributed by atoms with van der Waals surface area (Å²) in [5, 5.41) is 0. The summed E-state index contributed by atoms with van der Waals surface area (Å²) in [7, 11) is 0. The lowest BCUT2D eigenvalue weighted by molar-refractivity contribution is 0.482. The molecule has 0 heterocycles. The smallest absolute Gasteiger partial charge is 0.127 e. The van der Waals surface area contributed by atoms with Gasteiger partial charge in [-0.1, -0.05) is 36.1 Å². The van der Waals surface area contributed by atoms with E-state index in [-0.39, 0.29) is 0 Å². The summed E-state index contributed by atoms with van der Waals surface area (Å²) in [5.41, 5.74) is 2.48. The molecule has 0 radical (unpaired) electrons. The van der Waals surface area contributed by atoms with Crippen LogP contribution in [0, 0.1) is 23.7 Å². The Morgan fingerprint density at radius 1 is 0.600 bits per heavy atom.